The van der Waals surface area contributed by atoms with Crippen LogP contribution in [0.5, 0.6) is 0 Å². The maximum atomic E-state index is 12.9. The molecule has 0 aromatic heterocycles. The Morgan fingerprint density at radius 1 is 1.36 bits per heavy atom. The normalized spacial score (nSPS) is 10.4. The highest BCUT2D eigenvalue weighted by molar-refractivity contribution is 9.10. The van der Waals surface area contributed by atoms with Crippen molar-refractivity contribution in [3.05, 3.63) is 27.4 Å². The summed E-state index contributed by atoms with van der Waals surface area (Å²) in [4.78, 5) is 2.08. The van der Waals surface area contributed by atoms with E-state index < -0.39 is 0 Å². The molecule has 0 bridgehead atoms. The lowest BCUT2D eigenvalue weighted by Gasteiger charge is -2.23. The molecule has 0 aliphatic heterocycles. The van der Waals surface area contributed by atoms with Crippen molar-refractivity contribution in [2.75, 3.05) is 18.0 Å². The van der Waals surface area contributed by atoms with Gasteiger partial charge in [-0.05, 0) is 41.9 Å². The van der Waals surface area contributed by atoms with Gasteiger partial charge in [-0.15, -0.1) is 0 Å². The number of hydrogen-bond acceptors (Lipinski definition) is 1. The maximum absolute atomic E-state index is 12.9. The Morgan fingerprint density at radius 2 is 1.93 bits per heavy atom. The fourth-order valence-corrected chi connectivity index (χ4v) is 2.50. The fraction of sp³-hybridized carbons (Fsp3) is 0.400. The van der Waals surface area contributed by atoms with E-state index in [-0.39, 0.29) is 5.82 Å². The Labute approximate surface area is 97.0 Å². The minimum atomic E-state index is -0.321. The molecule has 0 radical (unpaired) electrons. The van der Waals surface area contributed by atoms with Crippen LogP contribution in [-0.4, -0.2) is 13.1 Å². The van der Waals surface area contributed by atoms with E-state index in [1.54, 1.807) is 0 Å². The van der Waals surface area contributed by atoms with Crippen molar-refractivity contribution >= 4 is 33.2 Å². The van der Waals surface area contributed by atoms with E-state index in [0.29, 0.717) is 9.50 Å². The minimum absolute atomic E-state index is 0.321. The summed E-state index contributed by atoms with van der Waals surface area (Å²) in [7, 11) is 0. The lowest BCUT2D eigenvalue weighted by atomic mass is 10.2. The van der Waals surface area contributed by atoms with Gasteiger partial charge in [0.15, 0.2) is 0 Å². The van der Waals surface area contributed by atoms with E-state index in [0.717, 1.165) is 18.8 Å². The zero-order valence-corrected chi connectivity index (χ0v) is 10.5. The molecule has 0 saturated carbocycles. The lowest BCUT2D eigenvalue weighted by Crippen LogP contribution is -2.22. The Kier molecular flexibility index (Phi) is 4.20. The predicted molar refractivity (Wildman–Crippen MR) is 62.7 cm³/mol. The largest absolute Gasteiger partial charge is 0.370 e. The van der Waals surface area contributed by atoms with Crippen molar-refractivity contribution in [2.45, 2.75) is 13.8 Å². The zero-order chi connectivity index (χ0) is 10.7. The van der Waals surface area contributed by atoms with Crippen molar-refractivity contribution in [1.29, 1.82) is 0 Å². The van der Waals surface area contributed by atoms with E-state index >= 15 is 0 Å². The number of rotatable bonds is 3. The van der Waals surface area contributed by atoms with Crippen LogP contribution in [0.4, 0.5) is 10.1 Å². The van der Waals surface area contributed by atoms with E-state index in [4.69, 9.17) is 11.6 Å². The third-order valence-corrected chi connectivity index (χ3v) is 2.95. The van der Waals surface area contributed by atoms with Gasteiger partial charge in [0, 0.05) is 17.6 Å². The van der Waals surface area contributed by atoms with Gasteiger partial charge in [-0.2, -0.15) is 0 Å². The Morgan fingerprint density at radius 3 is 2.36 bits per heavy atom. The van der Waals surface area contributed by atoms with E-state index in [2.05, 4.69) is 20.8 Å². The van der Waals surface area contributed by atoms with Crippen molar-refractivity contribution in [3.8, 4) is 0 Å². The second-order valence-corrected chi connectivity index (χ2v) is 4.15. The van der Waals surface area contributed by atoms with Crippen LogP contribution in [0.25, 0.3) is 0 Å². The van der Waals surface area contributed by atoms with Crippen LogP contribution >= 0.6 is 27.5 Å². The van der Waals surface area contributed by atoms with Crippen molar-refractivity contribution in [3.63, 3.8) is 0 Å². The standard InChI is InChI=1S/C10H12BrClFN/c1-3-14(4-2)10-8(11)5-7(13)6-9(10)12/h5-6H,3-4H2,1-2H3. The van der Waals surface area contributed by atoms with Gasteiger partial charge in [-0.1, -0.05) is 11.6 Å². The summed E-state index contributed by atoms with van der Waals surface area (Å²) >= 11 is 9.29. The van der Waals surface area contributed by atoms with Gasteiger partial charge in [-0.25, -0.2) is 4.39 Å². The highest BCUT2D eigenvalue weighted by Gasteiger charge is 2.12. The fourth-order valence-electron chi connectivity index (χ4n) is 1.38. The first-order valence-electron chi connectivity index (χ1n) is 4.49. The van der Waals surface area contributed by atoms with Crippen LogP contribution in [-0.2, 0) is 0 Å². The van der Waals surface area contributed by atoms with Gasteiger partial charge in [-0.3, -0.25) is 0 Å². The molecule has 1 nitrogen and oxygen atoms in total. The van der Waals surface area contributed by atoms with Gasteiger partial charge in [0.25, 0.3) is 0 Å². The van der Waals surface area contributed by atoms with Gasteiger partial charge < -0.3 is 4.90 Å². The lowest BCUT2D eigenvalue weighted by molar-refractivity contribution is 0.626. The second-order valence-electron chi connectivity index (χ2n) is 2.89. The average Bonchev–Trinajstić information content (AvgIpc) is 2.10. The highest BCUT2D eigenvalue weighted by atomic mass is 79.9. The minimum Gasteiger partial charge on any atom is -0.370 e. The molecule has 1 aromatic rings. The molecule has 4 heteroatoms. The van der Waals surface area contributed by atoms with Crippen molar-refractivity contribution in [2.24, 2.45) is 0 Å². The highest BCUT2D eigenvalue weighted by Crippen LogP contribution is 2.34. The molecule has 0 heterocycles. The first-order valence-corrected chi connectivity index (χ1v) is 5.66. The molecule has 0 unspecified atom stereocenters. The summed E-state index contributed by atoms with van der Waals surface area (Å²) in [6, 6.07) is 2.76. The summed E-state index contributed by atoms with van der Waals surface area (Å²) in [5, 5.41) is 0.445. The summed E-state index contributed by atoms with van der Waals surface area (Å²) in [6.07, 6.45) is 0. The Bertz CT molecular complexity index is 303. The Hall–Kier alpha value is -0.280. The third-order valence-electron chi connectivity index (χ3n) is 2.06. The van der Waals surface area contributed by atoms with Crippen LogP contribution < -0.4 is 4.90 Å². The topological polar surface area (TPSA) is 3.24 Å². The second kappa shape index (κ2) is 4.99. The van der Waals surface area contributed by atoms with Crippen molar-refractivity contribution in [1.82, 2.24) is 0 Å². The average molecular weight is 281 g/mol. The van der Waals surface area contributed by atoms with Crippen LogP contribution in [0.2, 0.25) is 5.02 Å². The van der Waals surface area contributed by atoms with E-state index in [9.17, 15) is 4.39 Å². The molecule has 0 atom stereocenters. The predicted octanol–water partition coefficient (Wildman–Crippen LogP) is 4.09. The van der Waals surface area contributed by atoms with Gasteiger partial charge in [0.2, 0.25) is 0 Å². The van der Waals surface area contributed by atoms with Crippen LogP contribution in [0, 0.1) is 5.82 Å². The molecule has 78 valence electrons. The number of anilines is 1. The molecular weight excluding hydrogens is 268 g/mol. The molecule has 0 aliphatic carbocycles. The molecule has 0 N–H and O–H groups in total. The van der Waals surface area contributed by atoms with Gasteiger partial charge >= 0.3 is 0 Å². The smallest absolute Gasteiger partial charge is 0.125 e. The first-order chi connectivity index (χ1) is 6.60. The molecule has 0 aliphatic rings. The molecule has 0 saturated heterocycles. The van der Waals surface area contributed by atoms with Gasteiger partial charge in [0.1, 0.15) is 5.82 Å². The van der Waals surface area contributed by atoms with E-state index in [1.807, 2.05) is 13.8 Å². The van der Waals surface area contributed by atoms with Crippen molar-refractivity contribution < 1.29 is 4.39 Å². The summed E-state index contributed by atoms with van der Waals surface area (Å²) in [6.45, 7) is 5.77. The van der Waals surface area contributed by atoms with E-state index in [1.165, 1.54) is 12.1 Å². The maximum Gasteiger partial charge on any atom is 0.125 e. The monoisotopic (exact) mass is 279 g/mol. The zero-order valence-electron chi connectivity index (χ0n) is 8.15. The molecule has 1 rings (SSSR count). The molecule has 0 spiro atoms. The van der Waals surface area contributed by atoms with Crippen LogP contribution in [0.15, 0.2) is 16.6 Å². The number of hydrogen-bond donors (Lipinski definition) is 0. The molecule has 0 amide bonds. The first kappa shape index (κ1) is 11.8. The van der Waals surface area contributed by atoms with Crippen LogP contribution in [0.1, 0.15) is 13.8 Å². The molecule has 1 aromatic carbocycles. The number of nitrogens with zero attached hydrogens (tertiary/aromatic N) is 1. The molecule has 14 heavy (non-hydrogen) atoms. The quantitative estimate of drug-likeness (QED) is 0.806. The number of halogens is 3. The molecular formula is C10H12BrClFN. The Balaban J connectivity index is 3.19. The summed E-state index contributed by atoms with van der Waals surface area (Å²) in [5.41, 5.74) is 0.859. The number of benzene rings is 1. The third kappa shape index (κ3) is 2.39. The SMILES string of the molecule is CCN(CC)c1c(Cl)cc(F)cc1Br. The summed E-state index contributed by atoms with van der Waals surface area (Å²) in [5.74, 6) is -0.321. The van der Waals surface area contributed by atoms with Gasteiger partial charge in [0.05, 0.1) is 10.7 Å². The summed E-state index contributed by atoms with van der Waals surface area (Å²) < 4.78 is 13.6. The van der Waals surface area contributed by atoms with Crippen LogP contribution in [0.3, 0.4) is 0 Å². The molecule has 0 fully saturated rings.